The maximum Gasteiger partial charge on any atom is 0.508 e. The summed E-state index contributed by atoms with van der Waals surface area (Å²) in [5.41, 5.74) is -0.0501. The Labute approximate surface area is 185 Å². The highest BCUT2D eigenvalue weighted by atomic mass is 35.6. The van der Waals surface area contributed by atoms with E-state index in [1.807, 2.05) is 6.92 Å². The van der Waals surface area contributed by atoms with Gasteiger partial charge in [0.05, 0.1) is 4.24 Å². The zero-order valence-electron chi connectivity index (χ0n) is 14.9. The molecule has 0 aromatic heterocycles. The zero-order chi connectivity index (χ0) is 21.3. The molecule has 12 heteroatoms. The molecule has 1 saturated heterocycles. The Bertz CT molecular complexity index is 726. The SMILES string of the molecule is C=CC[C@]12SC(SCC)=C(C(=O)O)N1C(=O)[C@@H]2C(C)OC(=O)OCC(Cl)(Cl)Cl. The molecule has 0 aromatic rings. The predicted octanol–water partition coefficient (Wildman–Crippen LogP) is 4.38. The molecule has 7 nitrogen and oxygen atoms in total. The van der Waals surface area contributed by atoms with Crippen LogP contribution in [0.1, 0.15) is 20.3 Å². The molecular weight excluding hydrogens is 473 g/mol. The molecule has 0 radical (unpaired) electrons. The minimum absolute atomic E-state index is 0.0501. The molecule has 2 heterocycles. The molecule has 2 aliphatic heterocycles. The molecular formula is C16H18Cl3NO6S2. The lowest BCUT2D eigenvalue weighted by molar-refractivity contribution is -0.167. The molecule has 0 aliphatic carbocycles. The smallest absolute Gasteiger partial charge is 0.477 e. The second kappa shape index (κ2) is 8.95. The number of nitrogens with zero attached hydrogens (tertiary/aromatic N) is 1. The van der Waals surface area contributed by atoms with Crippen LogP contribution in [0.2, 0.25) is 0 Å². The first-order chi connectivity index (χ1) is 13.0. The molecule has 3 atom stereocenters. The number of ether oxygens (including phenoxy) is 2. The summed E-state index contributed by atoms with van der Waals surface area (Å²) in [5.74, 6) is -1.76. The number of halogens is 3. The Morgan fingerprint density at radius 2 is 2.14 bits per heavy atom. The van der Waals surface area contributed by atoms with E-state index in [-0.39, 0.29) is 5.70 Å². The number of carbonyl (C=O) groups excluding carboxylic acids is 2. The quantitative estimate of drug-likeness (QED) is 0.232. The summed E-state index contributed by atoms with van der Waals surface area (Å²) in [6.07, 6.45) is -0.0569. The first-order valence-corrected chi connectivity index (χ1v) is 11.1. The van der Waals surface area contributed by atoms with Gasteiger partial charge < -0.3 is 14.6 Å². The van der Waals surface area contributed by atoms with Crippen molar-refractivity contribution < 1.29 is 29.0 Å². The molecule has 1 unspecified atom stereocenters. The summed E-state index contributed by atoms with van der Waals surface area (Å²) in [4.78, 5) is 36.8. The van der Waals surface area contributed by atoms with Crippen LogP contribution in [0.3, 0.4) is 0 Å². The molecule has 156 valence electrons. The lowest BCUT2D eigenvalue weighted by Crippen LogP contribution is -2.70. The maximum atomic E-state index is 12.8. The van der Waals surface area contributed by atoms with Gasteiger partial charge in [0.25, 0.3) is 0 Å². The van der Waals surface area contributed by atoms with Crippen LogP contribution in [0.25, 0.3) is 0 Å². The van der Waals surface area contributed by atoms with Crippen molar-refractivity contribution in [2.24, 2.45) is 5.92 Å². The number of fused-ring (bicyclic) bond motifs is 1. The number of carboxylic acids is 1. The third-order valence-electron chi connectivity index (χ3n) is 4.06. The van der Waals surface area contributed by atoms with Crippen molar-refractivity contribution >= 4 is 76.4 Å². The van der Waals surface area contributed by atoms with E-state index in [2.05, 4.69) is 6.58 Å². The number of aliphatic carboxylic acids is 1. The topological polar surface area (TPSA) is 93.1 Å². The van der Waals surface area contributed by atoms with Crippen LogP contribution >= 0.6 is 58.3 Å². The first kappa shape index (κ1) is 23.5. The van der Waals surface area contributed by atoms with Crippen LogP contribution in [0, 0.1) is 5.92 Å². The van der Waals surface area contributed by atoms with Crippen LogP contribution < -0.4 is 0 Å². The monoisotopic (exact) mass is 489 g/mol. The standard InChI is InChI=1S/C16H18Cl3NO6S2/c1-4-6-15-9(8(3)26-14(24)25-7-16(17,18)19)11(21)20(15)10(12(22)23)13(28-15)27-5-2/h4,8-9H,1,5-7H2,2-3H3,(H,22,23)/t8?,9-,15+/m0/s1. The molecule has 0 spiro atoms. The number of amides is 1. The Kier molecular flexibility index (Phi) is 7.53. The van der Waals surface area contributed by atoms with E-state index in [4.69, 9.17) is 44.3 Å². The highest BCUT2D eigenvalue weighted by Crippen LogP contribution is 2.63. The van der Waals surface area contributed by atoms with Gasteiger partial charge in [0.1, 0.15) is 23.5 Å². The number of hydrogen-bond acceptors (Lipinski definition) is 7. The van der Waals surface area contributed by atoms with Gasteiger partial charge in [-0.05, 0) is 19.1 Å². The van der Waals surface area contributed by atoms with Crippen LogP contribution in [-0.4, -0.2) is 55.2 Å². The van der Waals surface area contributed by atoms with Gasteiger partial charge in [0.15, 0.2) is 5.70 Å². The highest BCUT2D eigenvalue weighted by Gasteiger charge is 2.68. The molecule has 1 N–H and O–H groups in total. The van der Waals surface area contributed by atoms with Crippen LogP contribution in [0.15, 0.2) is 22.6 Å². The lowest BCUT2D eigenvalue weighted by atomic mass is 9.80. The molecule has 28 heavy (non-hydrogen) atoms. The van der Waals surface area contributed by atoms with Crippen molar-refractivity contribution in [1.29, 1.82) is 0 Å². The average molecular weight is 491 g/mol. The zero-order valence-corrected chi connectivity index (χ0v) is 18.8. The highest BCUT2D eigenvalue weighted by molar-refractivity contribution is 8.23. The third-order valence-corrected chi connectivity index (χ3v) is 7.07. The number of carbonyl (C=O) groups is 3. The number of β-lactam (4-membered cyclic amide) rings is 1. The summed E-state index contributed by atoms with van der Waals surface area (Å²) < 4.78 is 8.67. The summed E-state index contributed by atoms with van der Waals surface area (Å²) in [6.45, 7) is 6.63. The second-order valence-corrected chi connectivity index (χ2v) is 11.3. The van der Waals surface area contributed by atoms with Gasteiger partial charge in [-0.25, -0.2) is 9.59 Å². The predicted molar refractivity (Wildman–Crippen MR) is 110 cm³/mol. The summed E-state index contributed by atoms with van der Waals surface area (Å²) in [5, 5.41) is 9.60. The minimum atomic E-state index is -1.79. The molecule has 0 saturated carbocycles. The van der Waals surface area contributed by atoms with Gasteiger partial charge in [-0.15, -0.1) is 18.3 Å². The Morgan fingerprint density at radius 1 is 1.50 bits per heavy atom. The van der Waals surface area contributed by atoms with E-state index in [1.165, 1.54) is 35.3 Å². The largest absolute Gasteiger partial charge is 0.508 e. The number of carboxylic acid groups (broad SMARTS) is 1. The molecule has 0 aromatic carbocycles. The lowest BCUT2D eigenvalue weighted by Gasteiger charge is -2.54. The Morgan fingerprint density at radius 3 is 2.64 bits per heavy atom. The summed E-state index contributed by atoms with van der Waals surface area (Å²) >= 11 is 19.2. The van der Waals surface area contributed by atoms with E-state index in [1.54, 1.807) is 6.08 Å². The molecule has 0 bridgehead atoms. The van der Waals surface area contributed by atoms with Gasteiger partial charge in [-0.3, -0.25) is 9.69 Å². The van der Waals surface area contributed by atoms with Gasteiger partial charge in [-0.2, -0.15) is 0 Å². The van der Waals surface area contributed by atoms with Crippen LogP contribution in [0.4, 0.5) is 4.79 Å². The van der Waals surface area contributed by atoms with Crippen molar-refractivity contribution in [3.05, 3.63) is 22.6 Å². The third kappa shape index (κ3) is 4.53. The number of rotatable bonds is 8. The normalized spacial score (nSPS) is 25.1. The average Bonchev–Trinajstić information content (AvgIpc) is 2.83. The second-order valence-electron chi connectivity index (χ2n) is 5.94. The van der Waals surface area contributed by atoms with E-state index < -0.39 is 45.3 Å². The molecule has 1 amide bonds. The van der Waals surface area contributed by atoms with Crippen molar-refractivity contribution in [2.75, 3.05) is 12.4 Å². The number of alkyl halides is 3. The van der Waals surface area contributed by atoms with Gasteiger partial charge in [0, 0.05) is 0 Å². The summed E-state index contributed by atoms with van der Waals surface area (Å²) in [6, 6.07) is 0. The van der Waals surface area contributed by atoms with E-state index in [0.29, 0.717) is 16.4 Å². The Hall–Kier alpha value is -0.740. The van der Waals surface area contributed by atoms with Crippen molar-refractivity contribution in [1.82, 2.24) is 4.90 Å². The van der Waals surface area contributed by atoms with Gasteiger partial charge in [-0.1, -0.05) is 59.6 Å². The van der Waals surface area contributed by atoms with Crippen molar-refractivity contribution in [3.8, 4) is 0 Å². The van der Waals surface area contributed by atoms with E-state index in [0.717, 1.165) is 0 Å². The minimum Gasteiger partial charge on any atom is -0.477 e. The Balaban J connectivity index is 2.21. The number of hydrogen-bond donors (Lipinski definition) is 1. The van der Waals surface area contributed by atoms with Gasteiger partial charge in [0.2, 0.25) is 9.70 Å². The summed E-state index contributed by atoms with van der Waals surface area (Å²) in [7, 11) is 0. The number of thioether (sulfide) groups is 2. The first-order valence-electron chi connectivity index (χ1n) is 8.13. The molecule has 1 fully saturated rings. The van der Waals surface area contributed by atoms with Crippen LogP contribution in [-0.2, 0) is 19.1 Å². The maximum absolute atomic E-state index is 12.8. The molecule has 2 rings (SSSR count). The fraction of sp³-hybridized carbons (Fsp3) is 0.562. The van der Waals surface area contributed by atoms with Crippen LogP contribution in [0.5, 0.6) is 0 Å². The van der Waals surface area contributed by atoms with Crippen molar-refractivity contribution in [2.45, 2.75) is 35.0 Å². The molecule has 2 aliphatic rings. The van der Waals surface area contributed by atoms with E-state index in [9.17, 15) is 19.5 Å². The van der Waals surface area contributed by atoms with Gasteiger partial charge >= 0.3 is 12.1 Å². The fourth-order valence-electron chi connectivity index (χ4n) is 3.14. The van der Waals surface area contributed by atoms with E-state index >= 15 is 0 Å². The fourth-order valence-corrected chi connectivity index (χ4v) is 6.39. The van der Waals surface area contributed by atoms with Crippen molar-refractivity contribution in [3.63, 3.8) is 0 Å².